The molecule has 0 aromatic heterocycles. The zero-order chi connectivity index (χ0) is 6.24. The minimum atomic E-state index is 0.503. The third-order valence-corrected chi connectivity index (χ3v) is 0.431. The van der Waals surface area contributed by atoms with E-state index in [0.717, 1.165) is 6.42 Å². The molecule has 4 nitrogen and oxygen atoms in total. The molecule has 0 radical (unpaired) electrons. The predicted molar refractivity (Wildman–Crippen MR) is 25.4 cm³/mol. The highest BCUT2D eigenvalue weighted by Gasteiger charge is 1.82. The van der Waals surface area contributed by atoms with E-state index in [1.165, 1.54) is 7.11 Å². The summed E-state index contributed by atoms with van der Waals surface area (Å²) in [4.78, 5) is 8.42. The smallest absolute Gasteiger partial charge is 0.0852 e. The molecule has 0 rings (SSSR count). The fourth-order valence-electron chi connectivity index (χ4n) is 0.165. The van der Waals surface area contributed by atoms with Gasteiger partial charge in [0.2, 0.25) is 0 Å². The summed E-state index contributed by atoms with van der Waals surface area (Å²) in [5.41, 5.74) is 0. The van der Waals surface area contributed by atoms with E-state index in [9.17, 15) is 0 Å². The van der Waals surface area contributed by atoms with E-state index >= 15 is 0 Å². The summed E-state index contributed by atoms with van der Waals surface area (Å²) < 4.78 is 0. The van der Waals surface area contributed by atoms with Crippen molar-refractivity contribution in [2.75, 3.05) is 13.7 Å². The second kappa shape index (κ2) is 6.84. The van der Waals surface area contributed by atoms with Gasteiger partial charge in [0.15, 0.2) is 0 Å². The SMILES string of the molecule is CCCOOOOC. The quantitative estimate of drug-likeness (QED) is 0.307. The summed E-state index contributed by atoms with van der Waals surface area (Å²) in [5.74, 6) is 0. The van der Waals surface area contributed by atoms with Crippen molar-refractivity contribution >= 4 is 0 Å². The Balaban J connectivity index is 2.53. The minimum absolute atomic E-state index is 0.503. The van der Waals surface area contributed by atoms with E-state index in [4.69, 9.17) is 0 Å². The van der Waals surface area contributed by atoms with E-state index < -0.39 is 0 Å². The lowest BCUT2D eigenvalue weighted by atomic mass is 10.5. The normalized spacial score (nSPS) is 9.75. The van der Waals surface area contributed by atoms with Crippen molar-refractivity contribution in [2.24, 2.45) is 0 Å². The lowest BCUT2D eigenvalue weighted by Crippen LogP contribution is -1.95. The number of hydrogen-bond donors (Lipinski definition) is 0. The molecular weight excluding hydrogens is 112 g/mol. The molecule has 0 aliphatic rings. The Kier molecular flexibility index (Phi) is 6.70. The first kappa shape index (κ1) is 7.84. The van der Waals surface area contributed by atoms with Gasteiger partial charge >= 0.3 is 0 Å². The first-order valence-corrected chi connectivity index (χ1v) is 2.40. The van der Waals surface area contributed by atoms with Crippen molar-refractivity contribution in [1.82, 2.24) is 0 Å². The molecule has 0 aromatic carbocycles. The van der Waals surface area contributed by atoms with Crippen LogP contribution in [0.5, 0.6) is 0 Å². The standard InChI is InChI=1S/C4H10O4/c1-3-4-6-8-7-5-2/h3-4H2,1-2H3. The average Bonchev–Trinajstić information content (AvgIpc) is 1.81. The molecule has 0 unspecified atom stereocenters. The Morgan fingerprint density at radius 1 is 1.25 bits per heavy atom. The topological polar surface area (TPSA) is 36.9 Å². The summed E-state index contributed by atoms with van der Waals surface area (Å²) in [6, 6.07) is 0. The zero-order valence-electron chi connectivity index (χ0n) is 5.05. The Hall–Kier alpha value is -0.160. The summed E-state index contributed by atoms with van der Waals surface area (Å²) in [5, 5.41) is 7.91. The lowest BCUT2D eigenvalue weighted by Gasteiger charge is -1.95. The van der Waals surface area contributed by atoms with Gasteiger partial charge < -0.3 is 0 Å². The minimum Gasteiger partial charge on any atom is -0.207 e. The van der Waals surface area contributed by atoms with Crippen LogP contribution in [0.25, 0.3) is 0 Å². The molecule has 0 fully saturated rings. The Bertz CT molecular complexity index is 33.0. The maximum absolute atomic E-state index is 4.38. The van der Waals surface area contributed by atoms with Crippen molar-refractivity contribution in [3.63, 3.8) is 0 Å². The van der Waals surface area contributed by atoms with E-state index in [0.29, 0.717) is 6.61 Å². The van der Waals surface area contributed by atoms with Crippen LogP contribution in [0.15, 0.2) is 0 Å². The molecule has 0 spiro atoms. The first-order chi connectivity index (χ1) is 3.91. The maximum atomic E-state index is 4.38. The van der Waals surface area contributed by atoms with Crippen LogP contribution in [-0.2, 0) is 19.9 Å². The van der Waals surface area contributed by atoms with Crippen LogP contribution in [0.2, 0.25) is 0 Å². The summed E-state index contributed by atoms with van der Waals surface area (Å²) in [7, 11) is 1.33. The predicted octanol–water partition coefficient (Wildman–Crippen LogP) is 0.838. The van der Waals surface area contributed by atoms with Gasteiger partial charge in [0.25, 0.3) is 0 Å². The third-order valence-electron chi connectivity index (χ3n) is 0.431. The maximum Gasteiger partial charge on any atom is 0.0852 e. The van der Waals surface area contributed by atoms with Crippen LogP contribution in [0.4, 0.5) is 0 Å². The fourth-order valence-corrected chi connectivity index (χ4v) is 0.165. The zero-order valence-corrected chi connectivity index (χ0v) is 5.05. The van der Waals surface area contributed by atoms with Gasteiger partial charge in [-0.05, 0) is 16.5 Å². The van der Waals surface area contributed by atoms with E-state index in [-0.39, 0.29) is 0 Å². The Morgan fingerprint density at radius 3 is 2.50 bits per heavy atom. The van der Waals surface area contributed by atoms with Crippen LogP contribution >= 0.6 is 0 Å². The van der Waals surface area contributed by atoms with Gasteiger partial charge in [-0.1, -0.05) is 6.92 Å². The Morgan fingerprint density at radius 2 is 2.00 bits per heavy atom. The fraction of sp³-hybridized carbons (Fsp3) is 1.00. The molecule has 0 saturated carbocycles. The van der Waals surface area contributed by atoms with Crippen molar-refractivity contribution in [2.45, 2.75) is 13.3 Å². The second-order valence-corrected chi connectivity index (χ2v) is 1.12. The van der Waals surface area contributed by atoms with E-state index in [2.05, 4.69) is 19.9 Å². The second-order valence-electron chi connectivity index (χ2n) is 1.12. The largest absolute Gasteiger partial charge is 0.207 e. The van der Waals surface area contributed by atoms with Gasteiger partial charge in [0, 0.05) is 0 Å². The van der Waals surface area contributed by atoms with Gasteiger partial charge in [-0.3, -0.25) is 0 Å². The highest BCUT2D eigenvalue weighted by Crippen LogP contribution is 1.82. The van der Waals surface area contributed by atoms with Crippen LogP contribution in [0.3, 0.4) is 0 Å². The van der Waals surface area contributed by atoms with Crippen LogP contribution < -0.4 is 0 Å². The molecule has 50 valence electrons. The van der Waals surface area contributed by atoms with Crippen molar-refractivity contribution in [3.05, 3.63) is 0 Å². The lowest BCUT2D eigenvalue weighted by molar-refractivity contribution is -0.628. The van der Waals surface area contributed by atoms with Crippen LogP contribution in [0.1, 0.15) is 13.3 Å². The number of hydrogen-bond acceptors (Lipinski definition) is 4. The average molecular weight is 122 g/mol. The van der Waals surface area contributed by atoms with E-state index in [1.807, 2.05) is 6.92 Å². The van der Waals surface area contributed by atoms with Crippen LogP contribution in [0, 0.1) is 0 Å². The molecule has 0 aliphatic carbocycles. The Labute approximate surface area is 48.1 Å². The highest BCUT2D eigenvalue weighted by atomic mass is 17.7. The summed E-state index contributed by atoms with van der Waals surface area (Å²) in [6.45, 7) is 2.46. The van der Waals surface area contributed by atoms with Gasteiger partial charge in [0.1, 0.15) is 0 Å². The van der Waals surface area contributed by atoms with Crippen molar-refractivity contribution in [3.8, 4) is 0 Å². The number of rotatable bonds is 5. The van der Waals surface area contributed by atoms with Gasteiger partial charge in [-0.15, -0.1) is 0 Å². The molecule has 0 N–H and O–H groups in total. The molecule has 0 amide bonds. The molecule has 4 heteroatoms. The molecule has 0 saturated heterocycles. The highest BCUT2D eigenvalue weighted by molar-refractivity contribution is 4.13. The van der Waals surface area contributed by atoms with Gasteiger partial charge in [-0.25, -0.2) is 9.78 Å². The molecule has 0 atom stereocenters. The summed E-state index contributed by atoms with van der Waals surface area (Å²) >= 11 is 0. The summed E-state index contributed by atoms with van der Waals surface area (Å²) in [6.07, 6.45) is 0.882. The molecule has 8 heavy (non-hydrogen) atoms. The molecule has 0 bridgehead atoms. The monoisotopic (exact) mass is 122 g/mol. The van der Waals surface area contributed by atoms with Crippen LogP contribution in [-0.4, -0.2) is 13.7 Å². The molecule has 0 aliphatic heterocycles. The first-order valence-electron chi connectivity index (χ1n) is 2.40. The third kappa shape index (κ3) is 5.84. The molecule has 0 heterocycles. The molecule has 0 aromatic rings. The van der Waals surface area contributed by atoms with Crippen molar-refractivity contribution < 1.29 is 19.9 Å². The van der Waals surface area contributed by atoms with E-state index in [1.54, 1.807) is 0 Å². The van der Waals surface area contributed by atoms with Gasteiger partial charge in [0.05, 0.1) is 13.7 Å². The van der Waals surface area contributed by atoms with Gasteiger partial charge in [-0.2, -0.15) is 0 Å². The van der Waals surface area contributed by atoms with Crippen molar-refractivity contribution in [1.29, 1.82) is 0 Å². The molecular formula is C4H10O4.